The van der Waals surface area contributed by atoms with Gasteiger partial charge in [-0.25, -0.2) is 8.78 Å². The van der Waals surface area contributed by atoms with Gasteiger partial charge in [0.25, 0.3) is 0 Å². The van der Waals surface area contributed by atoms with E-state index in [9.17, 15) is 13.6 Å². The summed E-state index contributed by atoms with van der Waals surface area (Å²) in [7, 11) is 0. The van der Waals surface area contributed by atoms with Crippen LogP contribution in [0.15, 0.2) is 48.5 Å². The number of carbonyl (C=O) groups excluding carboxylic acids is 1. The van der Waals surface area contributed by atoms with E-state index in [0.29, 0.717) is 0 Å². The maximum Gasteiger partial charge on any atom is 0.312 e. The van der Waals surface area contributed by atoms with Crippen molar-refractivity contribution in [1.29, 1.82) is 0 Å². The van der Waals surface area contributed by atoms with Crippen LogP contribution < -0.4 is 5.32 Å². The Labute approximate surface area is 121 Å². The van der Waals surface area contributed by atoms with Gasteiger partial charge < -0.3 is 10.1 Å². The van der Waals surface area contributed by atoms with E-state index in [2.05, 4.69) is 5.32 Å². The molecule has 0 aliphatic rings. The minimum atomic E-state index is -0.766. The third-order valence-corrected chi connectivity index (χ3v) is 2.79. The first-order valence-electron chi connectivity index (χ1n) is 6.49. The topological polar surface area (TPSA) is 38.3 Å². The molecule has 0 bridgehead atoms. The van der Waals surface area contributed by atoms with Gasteiger partial charge >= 0.3 is 5.97 Å². The fourth-order valence-electron chi connectivity index (χ4n) is 1.86. The van der Waals surface area contributed by atoms with Gasteiger partial charge in [0, 0.05) is 6.07 Å². The maximum atomic E-state index is 13.4. The Morgan fingerprint density at radius 3 is 2.62 bits per heavy atom. The molecule has 21 heavy (non-hydrogen) atoms. The summed E-state index contributed by atoms with van der Waals surface area (Å²) in [6.07, 6.45) is -0.643. The van der Waals surface area contributed by atoms with Crippen molar-refractivity contribution in [1.82, 2.24) is 0 Å². The highest BCUT2D eigenvalue weighted by molar-refractivity contribution is 5.72. The summed E-state index contributed by atoms with van der Waals surface area (Å²) >= 11 is 0. The van der Waals surface area contributed by atoms with Crippen molar-refractivity contribution in [3.63, 3.8) is 0 Å². The van der Waals surface area contributed by atoms with E-state index in [1.54, 1.807) is 6.92 Å². The molecule has 1 unspecified atom stereocenters. The minimum absolute atomic E-state index is 0.0463. The molecular weight excluding hydrogens is 276 g/mol. The normalized spacial score (nSPS) is 11.8. The zero-order chi connectivity index (χ0) is 15.2. The van der Waals surface area contributed by atoms with Crippen LogP contribution in [0.4, 0.5) is 14.5 Å². The molecule has 0 aliphatic heterocycles. The van der Waals surface area contributed by atoms with Gasteiger partial charge in [-0.1, -0.05) is 30.3 Å². The second-order valence-electron chi connectivity index (χ2n) is 4.56. The number of benzene rings is 2. The highest BCUT2D eigenvalue weighted by Crippen LogP contribution is 2.16. The molecule has 2 aromatic rings. The smallest absolute Gasteiger partial charge is 0.312 e. The zero-order valence-corrected chi connectivity index (χ0v) is 11.5. The second kappa shape index (κ2) is 6.83. The molecule has 2 aromatic carbocycles. The van der Waals surface area contributed by atoms with Crippen molar-refractivity contribution in [2.24, 2.45) is 0 Å². The highest BCUT2D eigenvalue weighted by atomic mass is 19.1. The Kier molecular flexibility index (Phi) is 4.87. The van der Waals surface area contributed by atoms with E-state index in [4.69, 9.17) is 4.74 Å². The summed E-state index contributed by atoms with van der Waals surface area (Å²) in [4.78, 5) is 11.7. The molecule has 110 valence electrons. The lowest BCUT2D eigenvalue weighted by molar-refractivity contribution is -0.146. The van der Waals surface area contributed by atoms with Gasteiger partial charge in [-0.3, -0.25) is 4.79 Å². The quantitative estimate of drug-likeness (QED) is 0.676. The highest BCUT2D eigenvalue weighted by Gasteiger charge is 2.12. The Morgan fingerprint density at radius 2 is 1.90 bits per heavy atom. The minimum Gasteiger partial charge on any atom is -0.442 e. The first-order chi connectivity index (χ1) is 10.0. The summed E-state index contributed by atoms with van der Waals surface area (Å²) in [6.45, 7) is 1.55. The SMILES string of the molecule is CC(Nc1cc(F)ccc1F)OC(=O)Cc1ccccc1. The predicted octanol–water partition coefficient (Wildman–Crippen LogP) is 3.51. The third kappa shape index (κ3) is 4.56. The van der Waals surface area contributed by atoms with E-state index in [1.165, 1.54) is 0 Å². The van der Waals surface area contributed by atoms with Crippen LogP contribution in [0.2, 0.25) is 0 Å². The lowest BCUT2D eigenvalue weighted by Gasteiger charge is -2.16. The molecule has 0 amide bonds. The first kappa shape index (κ1) is 15.0. The van der Waals surface area contributed by atoms with Gasteiger partial charge in [0.2, 0.25) is 0 Å². The average Bonchev–Trinajstić information content (AvgIpc) is 2.43. The number of ether oxygens (including phenoxy) is 1. The third-order valence-electron chi connectivity index (χ3n) is 2.79. The zero-order valence-electron chi connectivity index (χ0n) is 11.5. The molecule has 0 fully saturated rings. The summed E-state index contributed by atoms with van der Waals surface area (Å²) < 4.78 is 31.6. The van der Waals surface area contributed by atoms with Crippen LogP contribution in [0.5, 0.6) is 0 Å². The van der Waals surface area contributed by atoms with Gasteiger partial charge in [0.05, 0.1) is 12.1 Å². The first-order valence-corrected chi connectivity index (χ1v) is 6.49. The molecule has 1 N–H and O–H groups in total. The molecule has 1 atom stereocenters. The molecule has 0 saturated carbocycles. The molecule has 0 radical (unpaired) electrons. The number of hydrogen-bond donors (Lipinski definition) is 1. The number of carbonyl (C=O) groups is 1. The number of esters is 1. The van der Waals surface area contributed by atoms with Crippen LogP contribution in [0.1, 0.15) is 12.5 Å². The molecule has 3 nitrogen and oxygen atoms in total. The van der Waals surface area contributed by atoms with Gasteiger partial charge in [0.15, 0.2) is 6.23 Å². The maximum absolute atomic E-state index is 13.4. The lowest BCUT2D eigenvalue weighted by atomic mass is 10.2. The van der Waals surface area contributed by atoms with Crippen molar-refractivity contribution in [3.05, 3.63) is 65.7 Å². The molecular formula is C16H15F2NO2. The second-order valence-corrected chi connectivity index (χ2v) is 4.56. The molecule has 0 spiro atoms. The number of hydrogen-bond acceptors (Lipinski definition) is 3. The van der Waals surface area contributed by atoms with Crippen LogP contribution in [-0.4, -0.2) is 12.2 Å². The average molecular weight is 291 g/mol. The van der Waals surface area contributed by atoms with Gasteiger partial charge in [-0.15, -0.1) is 0 Å². The summed E-state index contributed by atoms with van der Waals surface area (Å²) in [5, 5.41) is 2.61. The number of anilines is 1. The van der Waals surface area contributed by atoms with Crippen molar-refractivity contribution < 1.29 is 18.3 Å². The van der Waals surface area contributed by atoms with Crippen molar-refractivity contribution in [2.75, 3.05) is 5.32 Å². The molecule has 5 heteroatoms. The largest absolute Gasteiger partial charge is 0.442 e. The van der Waals surface area contributed by atoms with E-state index >= 15 is 0 Å². The standard InChI is InChI=1S/C16H15F2NO2/c1-11(19-15-10-13(17)7-8-14(15)18)21-16(20)9-12-5-3-2-4-6-12/h2-8,10-11,19H,9H2,1H3. The van der Waals surface area contributed by atoms with Crippen LogP contribution in [0.3, 0.4) is 0 Å². The van der Waals surface area contributed by atoms with Crippen molar-refractivity contribution in [3.8, 4) is 0 Å². The number of nitrogens with one attached hydrogen (secondary N) is 1. The summed E-state index contributed by atoms with van der Waals surface area (Å²) in [6, 6.07) is 12.2. The van der Waals surface area contributed by atoms with E-state index in [0.717, 1.165) is 23.8 Å². The fraction of sp³-hybridized carbons (Fsp3) is 0.188. The Balaban J connectivity index is 1.91. The van der Waals surface area contributed by atoms with E-state index in [1.807, 2.05) is 30.3 Å². The molecule has 0 saturated heterocycles. The predicted molar refractivity (Wildman–Crippen MR) is 75.7 cm³/mol. The summed E-state index contributed by atoms with van der Waals surface area (Å²) in [5.74, 6) is -1.62. The van der Waals surface area contributed by atoms with Crippen LogP contribution in [-0.2, 0) is 16.0 Å². The molecule has 0 heterocycles. The van der Waals surface area contributed by atoms with Crippen molar-refractivity contribution in [2.45, 2.75) is 19.6 Å². The van der Waals surface area contributed by atoms with Crippen LogP contribution >= 0.6 is 0 Å². The van der Waals surface area contributed by atoms with E-state index in [-0.39, 0.29) is 12.1 Å². The monoisotopic (exact) mass is 291 g/mol. The van der Waals surface area contributed by atoms with Gasteiger partial charge in [-0.05, 0) is 24.6 Å². The lowest BCUT2D eigenvalue weighted by Crippen LogP contribution is -2.24. The van der Waals surface area contributed by atoms with Crippen molar-refractivity contribution >= 4 is 11.7 Å². The molecule has 0 aliphatic carbocycles. The molecule has 2 rings (SSSR count). The number of halogens is 2. The molecule has 0 aromatic heterocycles. The Hall–Kier alpha value is -2.43. The Morgan fingerprint density at radius 1 is 1.19 bits per heavy atom. The Bertz CT molecular complexity index is 617. The summed E-state index contributed by atoms with van der Waals surface area (Å²) in [5.41, 5.74) is 0.779. The van der Waals surface area contributed by atoms with Gasteiger partial charge in [0.1, 0.15) is 11.6 Å². The number of rotatable bonds is 5. The van der Waals surface area contributed by atoms with Gasteiger partial charge in [-0.2, -0.15) is 0 Å². The van der Waals surface area contributed by atoms with Crippen LogP contribution in [0, 0.1) is 11.6 Å². The fourth-order valence-corrected chi connectivity index (χ4v) is 1.86. The van der Waals surface area contributed by atoms with Crippen LogP contribution in [0.25, 0.3) is 0 Å². The van der Waals surface area contributed by atoms with E-state index < -0.39 is 23.8 Å².